The molecule has 0 aliphatic heterocycles. The number of hydrogen-bond acceptors (Lipinski definition) is 2. The number of hydrogen-bond donors (Lipinski definition) is 0. The topological polar surface area (TPSA) is 24.7 Å². The summed E-state index contributed by atoms with van der Waals surface area (Å²) in [7, 11) is -2.33. The maximum atomic E-state index is 5.23. The minimum absolute atomic E-state index is 0.992. The highest BCUT2D eigenvalue weighted by Crippen LogP contribution is 2.23. The Morgan fingerprint density at radius 2 is 1.00 bits per heavy atom. The zero-order valence-electron chi connectivity index (χ0n) is 23.2. The molecule has 2 aromatic carbocycles. The third-order valence-corrected chi connectivity index (χ3v) is 8.62. The Labute approximate surface area is 212 Å². The second kappa shape index (κ2) is 13.3. The Morgan fingerprint density at radius 1 is 0.618 bits per heavy atom. The van der Waals surface area contributed by atoms with Crippen LogP contribution in [0, 0.1) is 0 Å². The van der Waals surface area contributed by atoms with Crippen LogP contribution in [0.3, 0.4) is 0 Å². The van der Waals surface area contributed by atoms with E-state index in [1.807, 2.05) is 0 Å². The van der Waals surface area contributed by atoms with E-state index in [1.54, 1.807) is 0 Å². The smallest absolute Gasteiger partial charge is 0.0636 e. The van der Waals surface area contributed by atoms with Crippen molar-refractivity contribution >= 4 is 38.9 Å². The molecular weight excluding hydrogens is 445 g/mol. The third kappa shape index (κ3) is 11.1. The highest BCUT2D eigenvalue weighted by atomic mass is 28.3. The predicted molar refractivity (Wildman–Crippen MR) is 160 cm³/mol. The molecule has 2 rings (SSSR count). The molecule has 0 atom stereocenters. The Balaban J connectivity index is 2.47. The van der Waals surface area contributed by atoms with Crippen molar-refractivity contribution in [3.8, 4) is 0 Å². The first-order chi connectivity index (χ1) is 16.0. The van der Waals surface area contributed by atoms with Crippen LogP contribution in [0.1, 0.15) is 63.5 Å². The average Bonchev–Trinajstić information content (AvgIpc) is 2.72. The van der Waals surface area contributed by atoms with Gasteiger partial charge < -0.3 is 0 Å². The van der Waals surface area contributed by atoms with Gasteiger partial charge in [-0.2, -0.15) is 0 Å². The molecule has 0 spiro atoms. The van der Waals surface area contributed by atoms with E-state index < -0.39 is 16.1 Å². The summed E-state index contributed by atoms with van der Waals surface area (Å²) in [6.07, 6.45) is 6.61. The van der Waals surface area contributed by atoms with E-state index in [9.17, 15) is 0 Å². The Morgan fingerprint density at radius 3 is 1.32 bits per heavy atom. The molecule has 0 unspecified atom stereocenters. The van der Waals surface area contributed by atoms with Gasteiger partial charge in [-0.05, 0) is 73.2 Å². The summed E-state index contributed by atoms with van der Waals surface area (Å²) in [5, 5.41) is 0. The van der Waals surface area contributed by atoms with Crippen molar-refractivity contribution in [1.82, 2.24) is 0 Å². The molecule has 34 heavy (non-hydrogen) atoms. The molecule has 0 aliphatic rings. The van der Waals surface area contributed by atoms with Gasteiger partial charge in [0.1, 0.15) is 0 Å². The van der Waals surface area contributed by atoms with E-state index in [-0.39, 0.29) is 0 Å². The van der Waals surface area contributed by atoms with E-state index in [0.717, 1.165) is 37.1 Å². The Hall–Kier alpha value is -1.79. The zero-order valence-corrected chi connectivity index (χ0v) is 25.2. The molecule has 0 fully saturated rings. The van der Waals surface area contributed by atoms with Crippen LogP contribution in [0.25, 0.3) is 0 Å². The van der Waals surface area contributed by atoms with Crippen molar-refractivity contribution in [2.45, 2.75) is 104 Å². The van der Waals surface area contributed by atoms with Gasteiger partial charge in [-0.25, -0.2) is 0 Å². The maximum absolute atomic E-state index is 5.23. The van der Waals surface area contributed by atoms with Gasteiger partial charge in [0.2, 0.25) is 0 Å². The van der Waals surface area contributed by atoms with Gasteiger partial charge in [-0.15, -0.1) is 0 Å². The standard InChI is InChI=1S/C30H48N2Si2/c1-9-11-19-29(31-27-17-13-15-25(21-27)23-33(3,4)5)30(20-12-10-2)32-28-18-14-16-26(22-28)24-34(6,7)8/h13-18,21-22H,9-12,19-20,23-24H2,1-8H3. The van der Waals surface area contributed by atoms with Gasteiger partial charge in [0.05, 0.1) is 22.8 Å². The molecule has 0 heterocycles. The fourth-order valence-electron chi connectivity index (χ4n) is 4.23. The number of benzene rings is 2. The van der Waals surface area contributed by atoms with E-state index in [4.69, 9.17) is 9.98 Å². The number of unbranched alkanes of at least 4 members (excludes halogenated alkanes) is 2. The van der Waals surface area contributed by atoms with Crippen LogP contribution in [-0.2, 0) is 12.1 Å². The molecule has 0 aromatic heterocycles. The molecule has 0 bridgehead atoms. The summed E-state index contributed by atoms with van der Waals surface area (Å²) < 4.78 is 0. The molecule has 0 aliphatic carbocycles. The molecular formula is C30H48N2Si2. The van der Waals surface area contributed by atoms with E-state index in [0.29, 0.717) is 0 Å². The minimum Gasteiger partial charge on any atom is -0.252 e. The van der Waals surface area contributed by atoms with Crippen molar-refractivity contribution in [3.63, 3.8) is 0 Å². The first-order valence-electron chi connectivity index (χ1n) is 13.3. The molecule has 2 nitrogen and oxygen atoms in total. The first-order valence-corrected chi connectivity index (χ1v) is 20.7. The van der Waals surface area contributed by atoms with Crippen LogP contribution < -0.4 is 0 Å². The first kappa shape index (κ1) is 28.5. The summed E-state index contributed by atoms with van der Waals surface area (Å²) in [6.45, 7) is 19.1. The molecule has 0 radical (unpaired) electrons. The normalized spacial score (nSPS) is 13.4. The SMILES string of the molecule is CCCCC(=Nc1cccc(C[Si](C)(C)C)c1)C(CCCC)=Nc1cccc(C[Si](C)(C)C)c1. The van der Waals surface area contributed by atoms with Crippen LogP contribution in [0.15, 0.2) is 58.5 Å². The van der Waals surface area contributed by atoms with Crippen molar-refractivity contribution in [2.75, 3.05) is 0 Å². The van der Waals surface area contributed by atoms with Crippen molar-refractivity contribution < 1.29 is 0 Å². The van der Waals surface area contributed by atoms with Crippen molar-refractivity contribution in [2.24, 2.45) is 9.98 Å². The summed E-state index contributed by atoms with van der Waals surface area (Å²) in [6, 6.07) is 20.2. The molecule has 186 valence electrons. The van der Waals surface area contributed by atoms with Gasteiger partial charge in [0.25, 0.3) is 0 Å². The van der Waals surface area contributed by atoms with Gasteiger partial charge in [0, 0.05) is 16.1 Å². The lowest BCUT2D eigenvalue weighted by atomic mass is 10.0. The van der Waals surface area contributed by atoms with Crippen LogP contribution in [0.4, 0.5) is 11.4 Å². The van der Waals surface area contributed by atoms with Gasteiger partial charge in [-0.3, -0.25) is 9.98 Å². The highest BCUT2D eigenvalue weighted by Gasteiger charge is 2.16. The number of rotatable bonds is 13. The lowest BCUT2D eigenvalue weighted by Crippen LogP contribution is -2.23. The van der Waals surface area contributed by atoms with Crippen LogP contribution in [0.2, 0.25) is 39.3 Å². The van der Waals surface area contributed by atoms with Gasteiger partial charge in [-0.1, -0.05) is 90.2 Å². The van der Waals surface area contributed by atoms with Gasteiger partial charge >= 0.3 is 0 Å². The third-order valence-electron chi connectivity index (χ3n) is 5.69. The van der Waals surface area contributed by atoms with Crippen LogP contribution in [0.5, 0.6) is 0 Å². The van der Waals surface area contributed by atoms with E-state index in [1.165, 1.54) is 47.5 Å². The predicted octanol–water partition coefficient (Wildman–Crippen LogP) is 9.75. The Kier molecular flexibility index (Phi) is 11.2. The maximum Gasteiger partial charge on any atom is 0.0636 e. The van der Waals surface area contributed by atoms with Crippen molar-refractivity contribution in [1.29, 1.82) is 0 Å². The second-order valence-corrected chi connectivity index (χ2v) is 23.1. The molecule has 0 amide bonds. The zero-order chi connectivity index (χ0) is 25.2. The monoisotopic (exact) mass is 492 g/mol. The minimum atomic E-state index is -1.16. The lowest BCUT2D eigenvalue weighted by Gasteiger charge is -2.17. The number of aliphatic imine (C=N–C) groups is 2. The summed E-state index contributed by atoms with van der Waals surface area (Å²) in [4.78, 5) is 10.5. The van der Waals surface area contributed by atoms with E-state index in [2.05, 4.69) is 102 Å². The average molecular weight is 493 g/mol. The molecule has 0 saturated heterocycles. The van der Waals surface area contributed by atoms with E-state index >= 15 is 0 Å². The summed E-state index contributed by atoms with van der Waals surface area (Å²) >= 11 is 0. The quantitative estimate of drug-likeness (QED) is 0.196. The van der Waals surface area contributed by atoms with Crippen LogP contribution in [-0.4, -0.2) is 27.6 Å². The molecule has 4 heteroatoms. The molecule has 2 aromatic rings. The Bertz CT molecular complexity index is 883. The molecule has 0 saturated carbocycles. The van der Waals surface area contributed by atoms with Crippen LogP contribution >= 0.6 is 0 Å². The highest BCUT2D eigenvalue weighted by molar-refractivity contribution is 6.75. The fraction of sp³-hybridized carbons (Fsp3) is 0.533. The summed E-state index contributed by atoms with van der Waals surface area (Å²) in [5.74, 6) is 0. The molecule has 0 N–H and O–H groups in total. The fourth-order valence-corrected chi connectivity index (χ4v) is 7.12. The summed E-state index contributed by atoms with van der Waals surface area (Å²) in [5.41, 5.74) is 7.35. The largest absolute Gasteiger partial charge is 0.252 e. The second-order valence-electron chi connectivity index (χ2n) is 12.1. The van der Waals surface area contributed by atoms with Gasteiger partial charge in [0.15, 0.2) is 0 Å². The van der Waals surface area contributed by atoms with Crippen molar-refractivity contribution in [3.05, 3.63) is 59.7 Å². The lowest BCUT2D eigenvalue weighted by molar-refractivity contribution is 0.824. The number of nitrogens with zero attached hydrogens (tertiary/aromatic N) is 2.